The highest BCUT2D eigenvalue weighted by Gasteiger charge is 2.38. The fraction of sp³-hybridized carbons (Fsp3) is 0.467. The maximum Gasteiger partial charge on any atom is 0.353 e. The first kappa shape index (κ1) is 30.8. The second-order valence-corrected chi connectivity index (χ2v) is 12.2. The molecule has 1 aromatic heterocycles. The highest BCUT2D eigenvalue weighted by Crippen LogP contribution is 2.32. The van der Waals surface area contributed by atoms with Gasteiger partial charge >= 0.3 is 5.97 Å². The van der Waals surface area contributed by atoms with Crippen LogP contribution in [0.4, 0.5) is 5.69 Å². The van der Waals surface area contributed by atoms with Crippen LogP contribution >= 0.6 is 23.2 Å². The molecule has 3 atom stereocenters. The van der Waals surface area contributed by atoms with Gasteiger partial charge in [-0.1, -0.05) is 36.2 Å². The van der Waals surface area contributed by atoms with Crippen LogP contribution in [-0.2, 0) is 14.3 Å². The molecule has 2 aromatic carbocycles. The van der Waals surface area contributed by atoms with Gasteiger partial charge < -0.3 is 24.2 Å². The van der Waals surface area contributed by atoms with Gasteiger partial charge in [0.15, 0.2) is 0 Å². The van der Waals surface area contributed by atoms with E-state index < -0.39 is 23.5 Å². The van der Waals surface area contributed by atoms with E-state index in [2.05, 4.69) is 20.5 Å². The Labute approximate surface area is 250 Å². The summed E-state index contributed by atoms with van der Waals surface area (Å²) in [4.78, 5) is 34.3. The maximum atomic E-state index is 13.5. The first-order chi connectivity index (χ1) is 19.3. The minimum absolute atomic E-state index is 0.0917. The Hall–Kier alpha value is -3.14. The van der Waals surface area contributed by atoms with Crippen LogP contribution in [0.1, 0.15) is 52.6 Å². The lowest BCUT2D eigenvalue weighted by molar-refractivity contribution is -0.148. The quantitative estimate of drug-likeness (QED) is 0.266. The van der Waals surface area contributed by atoms with Crippen molar-refractivity contribution in [2.75, 3.05) is 31.1 Å². The number of hydrogen-bond donors (Lipinski definition) is 2. The smallest absolute Gasteiger partial charge is 0.353 e. The van der Waals surface area contributed by atoms with Crippen LogP contribution < -0.4 is 4.90 Å². The summed E-state index contributed by atoms with van der Waals surface area (Å²) in [6.07, 6.45) is 2.08. The Morgan fingerprint density at radius 3 is 2.54 bits per heavy atom. The van der Waals surface area contributed by atoms with Crippen LogP contribution in [0.5, 0.6) is 0 Å². The van der Waals surface area contributed by atoms with Gasteiger partial charge in [0.1, 0.15) is 11.3 Å². The van der Waals surface area contributed by atoms with Crippen molar-refractivity contribution in [3.8, 4) is 0 Å². The minimum Gasteiger partial charge on any atom is -0.455 e. The second-order valence-electron chi connectivity index (χ2n) is 11.4. The first-order valence-corrected chi connectivity index (χ1v) is 14.5. The molecule has 2 N–H and O–H groups in total. The van der Waals surface area contributed by atoms with E-state index in [1.165, 1.54) is 0 Å². The molecule has 11 heteroatoms. The fourth-order valence-electron chi connectivity index (χ4n) is 5.22. The van der Waals surface area contributed by atoms with Crippen LogP contribution in [0.25, 0.3) is 11.0 Å². The number of ether oxygens (including phenoxy) is 1. The Balaban J connectivity index is 1.53. The largest absolute Gasteiger partial charge is 0.455 e. The monoisotopic (exact) mass is 601 g/mol. The Morgan fingerprint density at radius 1 is 1.17 bits per heavy atom. The molecule has 220 valence electrons. The van der Waals surface area contributed by atoms with Crippen molar-refractivity contribution in [1.29, 1.82) is 5.41 Å². The molecule has 1 saturated heterocycles. The van der Waals surface area contributed by atoms with E-state index in [0.717, 1.165) is 22.3 Å². The standard InChI is InChI=1S/C30H37Cl2N5O4/c1-6-22(27(33)29(40)41-30(3,4)5)28(39)36-12-11-35(15-21(36)16-38)20-8-10-25-26(14-20)37(17-34-25)18(2)23-9-7-19(31)13-24(23)32/h7-10,13-14,17-18,21-22,33,38H,6,11-12,15-16H2,1-5H3/t18-,21+,22-/m1/s1. The van der Waals surface area contributed by atoms with Gasteiger partial charge in [-0.3, -0.25) is 10.2 Å². The van der Waals surface area contributed by atoms with E-state index in [9.17, 15) is 14.7 Å². The van der Waals surface area contributed by atoms with Crippen LogP contribution in [0, 0.1) is 11.3 Å². The number of esters is 1. The number of nitrogens with one attached hydrogen (secondary N) is 1. The summed E-state index contributed by atoms with van der Waals surface area (Å²) >= 11 is 12.6. The number of hydrogen-bond acceptors (Lipinski definition) is 7. The summed E-state index contributed by atoms with van der Waals surface area (Å²) in [5.74, 6) is -2.07. The van der Waals surface area contributed by atoms with E-state index in [0.29, 0.717) is 29.7 Å². The van der Waals surface area contributed by atoms with Crippen LogP contribution in [0.15, 0.2) is 42.7 Å². The zero-order valence-corrected chi connectivity index (χ0v) is 25.5. The van der Waals surface area contributed by atoms with E-state index in [1.807, 2.05) is 31.2 Å². The number of aliphatic hydroxyl groups excluding tert-OH is 1. The van der Waals surface area contributed by atoms with Crippen molar-refractivity contribution in [3.63, 3.8) is 0 Å². The molecule has 1 fully saturated rings. The molecule has 9 nitrogen and oxygen atoms in total. The number of imidazole rings is 1. The number of anilines is 1. The van der Waals surface area contributed by atoms with Crippen molar-refractivity contribution in [2.24, 2.45) is 5.92 Å². The molecule has 1 aliphatic rings. The molecule has 0 bridgehead atoms. The molecular weight excluding hydrogens is 565 g/mol. The predicted molar refractivity (Wildman–Crippen MR) is 162 cm³/mol. The number of benzene rings is 2. The Kier molecular flexibility index (Phi) is 9.31. The van der Waals surface area contributed by atoms with Gasteiger partial charge in [0.2, 0.25) is 5.91 Å². The number of rotatable bonds is 8. The highest BCUT2D eigenvalue weighted by molar-refractivity contribution is 6.39. The average Bonchev–Trinajstić information content (AvgIpc) is 3.35. The van der Waals surface area contributed by atoms with Gasteiger partial charge in [-0.05, 0) is 70.0 Å². The van der Waals surface area contributed by atoms with E-state index in [1.54, 1.807) is 45.0 Å². The summed E-state index contributed by atoms with van der Waals surface area (Å²) < 4.78 is 7.39. The van der Waals surface area contributed by atoms with Gasteiger partial charge in [0.25, 0.3) is 0 Å². The number of piperazine rings is 1. The third-order valence-electron chi connectivity index (χ3n) is 7.40. The van der Waals surface area contributed by atoms with Crippen molar-refractivity contribution in [1.82, 2.24) is 14.5 Å². The van der Waals surface area contributed by atoms with E-state index >= 15 is 0 Å². The summed E-state index contributed by atoms with van der Waals surface area (Å²) in [6.45, 7) is 10.0. The fourth-order valence-corrected chi connectivity index (χ4v) is 5.79. The molecule has 0 radical (unpaired) electrons. The lowest BCUT2D eigenvalue weighted by Gasteiger charge is -2.43. The number of nitrogens with zero attached hydrogens (tertiary/aromatic N) is 4. The summed E-state index contributed by atoms with van der Waals surface area (Å²) in [7, 11) is 0. The number of amides is 1. The SMILES string of the molecule is CC[C@H](C(=N)C(=O)OC(C)(C)C)C(=O)N1CCN(c2ccc3ncn([C@H](C)c4ccc(Cl)cc4Cl)c3c2)C[C@H]1CO. The van der Waals surface area contributed by atoms with Crippen molar-refractivity contribution < 1.29 is 19.4 Å². The predicted octanol–water partition coefficient (Wildman–Crippen LogP) is 5.35. The zero-order valence-electron chi connectivity index (χ0n) is 24.0. The number of carbonyl (C=O) groups is 2. The molecule has 3 aromatic rings. The maximum absolute atomic E-state index is 13.5. The number of fused-ring (bicyclic) bond motifs is 1. The molecule has 41 heavy (non-hydrogen) atoms. The molecule has 0 aliphatic carbocycles. The molecule has 0 spiro atoms. The topological polar surface area (TPSA) is 112 Å². The summed E-state index contributed by atoms with van der Waals surface area (Å²) in [5.41, 5.74) is 2.50. The van der Waals surface area contributed by atoms with Crippen LogP contribution in [0.2, 0.25) is 10.0 Å². The lowest BCUT2D eigenvalue weighted by Crippen LogP contribution is -2.59. The lowest BCUT2D eigenvalue weighted by atomic mass is 9.96. The normalized spacial score (nSPS) is 17.4. The summed E-state index contributed by atoms with van der Waals surface area (Å²) in [5, 5.41) is 19.8. The molecule has 4 rings (SSSR count). The second kappa shape index (κ2) is 12.4. The Bertz CT molecular complexity index is 1450. The zero-order chi connectivity index (χ0) is 30.1. The number of aromatic nitrogens is 2. The molecule has 1 amide bonds. The molecular formula is C30H37Cl2N5O4. The number of aliphatic hydroxyl groups is 1. The van der Waals surface area contributed by atoms with Gasteiger partial charge in [0, 0.05) is 35.4 Å². The molecule has 1 aliphatic heterocycles. The van der Waals surface area contributed by atoms with E-state index in [4.69, 9.17) is 33.3 Å². The third-order valence-corrected chi connectivity index (χ3v) is 7.97. The van der Waals surface area contributed by atoms with E-state index in [-0.39, 0.29) is 30.7 Å². The summed E-state index contributed by atoms with van der Waals surface area (Å²) in [6, 6.07) is 10.9. The van der Waals surface area contributed by atoms with Crippen LogP contribution in [-0.4, -0.2) is 75.0 Å². The number of halogens is 2. The van der Waals surface area contributed by atoms with Crippen molar-refractivity contribution in [2.45, 2.75) is 58.7 Å². The molecule has 0 saturated carbocycles. The van der Waals surface area contributed by atoms with Gasteiger partial charge in [0.05, 0.1) is 42.0 Å². The van der Waals surface area contributed by atoms with Gasteiger partial charge in [-0.25, -0.2) is 9.78 Å². The molecule has 2 heterocycles. The van der Waals surface area contributed by atoms with Gasteiger partial charge in [-0.15, -0.1) is 0 Å². The van der Waals surface area contributed by atoms with Crippen LogP contribution in [0.3, 0.4) is 0 Å². The average molecular weight is 603 g/mol. The Morgan fingerprint density at radius 2 is 1.90 bits per heavy atom. The van der Waals surface area contributed by atoms with Crippen molar-refractivity contribution in [3.05, 3.63) is 58.3 Å². The first-order valence-electron chi connectivity index (χ1n) is 13.7. The number of carbonyl (C=O) groups excluding carboxylic acids is 2. The van der Waals surface area contributed by atoms with Gasteiger partial charge in [-0.2, -0.15) is 0 Å². The highest BCUT2D eigenvalue weighted by atomic mass is 35.5. The third kappa shape index (κ3) is 6.68. The minimum atomic E-state index is -0.933. The molecule has 0 unspecified atom stereocenters. The van der Waals surface area contributed by atoms with Crippen molar-refractivity contribution >= 4 is 57.5 Å².